The van der Waals surface area contributed by atoms with E-state index in [1.807, 2.05) is 0 Å². The number of carbonyl (C=O) groups is 3. The average Bonchev–Trinajstić information content (AvgIpc) is 3.03. The Balaban J connectivity index is 4.28. The van der Waals surface area contributed by atoms with E-state index in [0.29, 0.717) is 43.4 Å². The maximum absolute atomic E-state index is 11.5. The molecule has 0 radical (unpaired) electrons. The molecule has 46 heavy (non-hydrogen) atoms. The number of aliphatic carboxylic acids is 3. The molecular formula is C39H74NO6+. The van der Waals surface area contributed by atoms with Crippen LogP contribution in [0.15, 0.2) is 12.2 Å². The van der Waals surface area contributed by atoms with Gasteiger partial charge in [-0.25, -0.2) is 0 Å². The minimum Gasteiger partial charge on any atom is -0.481 e. The van der Waals surface area contributed by atoms with Crippen LogP contribution in [0.1, 0.15) is 175 Å². The number of hydrogen-bond acceptors (Lipinski definition) is 3. The molecule has 0 rings (SSSR count). The molecule has 3 N–H and O–H groups in total. The molecule has 0 aliphatic heterocycles. The van der Waals surface area contributed by atoms with Crippen molar-refractivity contribution < 1.29 is 34.2 Å². The number of allylic oxidation sites excluding steroid dienone is 2. The van der Waals surface area contributed by atoms with Crippen LogP contribution in [0, 0.1) is 17.8 Å². The van der Waals surface area contributed by atoms with Gasteiger partial charge in [-0.1, -0.05) is 130 Å². The summed E-state index contributed by atoms with van der Waals surface area (Å²) in [5, 5.41) is 28.4. The van der Waals surface area contributed by atoms with Gasteiger partial charge in [-0.2, -0.15) is 0 Å². The highest BCUT2D eigenvalue weighted by Gasteiger charge is 2.31. The molecule has 3 unspecified atom stereocenters. The molecule has 0 spiro atoms. The summed E-state index contributed by atoms with van der Waals surface area (Å²) in [5.41, 5.74) is 0. The third kappa shape index (κ3) is 25.2. The Morgan fingerprint density at radius 3 is 1.04 bits per heavy atom. The highest BCUT2D eigenvalue weighted by atomic mass is 16.4. The zero-order valence-corrected chi connectivity index (χ0v) is 30.5. The first-order valence-corrected chi connectivity index (χ1v) is 19.2. The van der Waals surface area contributed by atoms with Gasteiger partial charge in [0.1, 0.15) is 0 Å². The van der Waals surface area contributed by atoms with Crippen molar-refractivity contribution >= 4 is 17.9 Å². The number of quaternary nitrogens is 1. The van der Waals surface area contributed by atoms with Gasteiger partial charge in [0.05, 0.1) is 43.9 Å². The van der Waals surface area contributed by atoms with E-state index >= 15 is 0 Å². The van der Waals surface area contributed by atoms with Crippen molar-refractivity contribution in [2.24, 2.45) is 17.8 Å². The first-order chi connectivity index (χ1) is 22.0. The molecule has 0 aliphatic rings. The molecule has 0 bridgehead atoms. The van der Waals surface area contributed by atoms with Crippen LogP contribution in [-0.4, -0.2) is 63.9 Å². The van der Waals surface area contributed by atoms with Crippen LogP contribution in [0.4, 0.5) is 0 Å². The van der Waals surface area contributed by atoms with Gasteiger partial charge in [-0.05, 0) is 38.5 Å². The molecule has 0 fully saturated rings. The second-order valence-corrected chi connectivity index (χ2v) is 14.4. The number of rotatable bonds is 34. The van der Waals surface area contributed by atoms with Crippen LogP contribution in [0.2, 0.25) is 0 Å². The molecule has 0 aliphatic carbocycles. The van der Waals surface area contributed by atoms with Gasteiger partial charge in [0.15, 0.2) is 0 Å². The Hall–Kier alpha value is -1.89. The van der Waals surface area contributed by atoms with Gasteiger partial charge in [0.2, 0.25) is 0 Å². The standard InChI is InChI=1S/C39H73NO6/c1-5-6-7-8-9-10-11-12-13-14-15-16-17-18-19-20-21-22-23-24-25-26-30-40(31-27-34(2)37(41)42,32-28-35(3)38(43)44)33-29-36(4)39(45)46/h11-12,34-36H,5-10,13-33H2,1-4H3,(H2-,41,42,43,44,45,46)/p+1/b12-11+. The van der Waals surface area contributed by atoms with E-state index in [2.05, 4.69) is 19.1 Å². The first-order valence-electron chi connectivity index (χ1n) is 19.2. The van der Waals surface area contributed by atoms with Crippen LogP contribution in [0.25, 0.3) is 0 Å². The number of hydrogen-bond donors (Lipinski definition) is 3. The first kappa shape index (κ1) is 44.1. The maximum atomic E-state index is 11.5. The lowest BCUT2D eigenvalue weighted by Gasteiger charge is -2.40. The van der Waals surface area contributed by atoms with Gasteiger partial charge in [0, 0.05) is 19.3 Å². The van der Waals surface area contributed by atoms with Crippen molar-refractivity contribution in [3.8, 4) is 0 Å². The van der Waals surface area contributed by atoms with Crippen LogP contribution < -0.4 is 0 Å². The SMILES string of the molecule is CCCCCCC/C=C/CCCCCCCCCCCCCCC[N+](CCC(C)C(=O)O)(CCC(C)C(=O)O)CCC(C)C(=O)O. The monoisotopic (exact) mass is 653 g/mol. The van der Waals surface area contributed by atoms with E-state index in [1.54, 1.807) is 20.8 Å². The van der Waals surface area contributed by atoms with Gasteiger partial charge in [-0.3, -0.25) is 14.4 Å². The van der Waals surface area contributed by atoms with Gasteiger partial charge in [-0.15, -0.1) is 0 Å². The molecule has 0 aromatic rings. The molecule has 0 heterocycles. The zero-order chi connectivity index (χ0) is 34.5. The smallest absolute Gasteiger partial charge is 0.306 e. The van der Waals surface area contributed by atoms with Crippen molar-refractivity contribution in [1.82, 2.24) is 0 Å². The Bertz CT molecular complexity index is 738. The van der Waals surface area contributed by atoms with Crippen molar-refractivity contribution in [2.45, 2.75) is 175 Å². The molecule has 0 saturated heterocycles. The molecule has 7 heteroatoms. The molecule has 7 nitrogen and oxygen atoms in total. The van der Waals surface area contributed by atoms with Crippen LogP contribution in [0.5, 0.6) is 0 Å². The van der Waals surface area contributed by atoms with Crippen LogP contribution >= 0.6 is 0 Å². The molecular weight excluding hydrogens is 578 g/mol. The molecule has 0 aromatic carbocycles. The largest absolute Gasteiger partial charge is 0.481 e. The summed E-state index contributed by atoms with van der Waals surface area (Å²) in [7, 11) is 0. The van der Waals surface area contributed by atoms with E-state index in [0.717, 1.165) is 19.4 Å². The lowest BCUT2D eigenvalue weighted by molar-refractivity contribution is -0.929. The summed E-state index contributed by atoms with van der Waals surface area (Å²) in [4.78, 5) is 34.6. The third-order valence-electron chi connectivity index (χ3n) is 10.0. The summed E-state index contributed by atoms with van der Waals surface area (Å²) in [6.07, 6.45) is 32.2. The summed E-state index contributed by atoms with van der Waals surface area (Å²) >= 11 is 0. The van der Waals surface area contributed by atoms with Gasteiger partial charge in [0.25, 0.3) is 0 Å². The predicted octanol–water partition coefficient (Wildman–Crippen LogP) is 10.5. The Morgan fingerprint density at radius 2 is 0.739 bits per heavy atom. The second-order valence-electron chi connectivity index (χ2n) is 14.4. The molecule has 270 valence electrons. The summed E-state index contributed by atoms with van der Waals surface area (Å²) in [6.45, 7) is 10.2. The zero-order valence-electron chi connectivity index (χ0n) is 30.5. The lowest BCUT2D eigenvalue weighted by atomic mass is 10.0. The predicted molar refractivity (Wildman–Crippen MR) is 191 cm³/mol. The van der Waals surface area contributed by atoms with Gasteiger partial charge < -0.3 is 19.8 Å². The van der Waals surface area contributed by atoms with Crippen LogP contribution in [0.3, 0.4) is 0 Å². The quantitative estimate of drug-likeness (QED) is 0.0362. The average molecular weight is 653 g/mol. The number of nitrogens with zero attached hydrogens (tertiary/aromatic N) is 1. The van der Waals surface area contributed by atoms with Crippen molar-refractivity contribution in [2.75, 3.05) is 26.2 Å². The topological polar surface area (TPSA) is 112 Å². The van der Waals surface area contributed by atoms with Crippen molar-refractivity contribution in [1.29, 1.82) is 0 Å². The Kier molecular flexibility index (Phi) is 28.1. The molecule has 0 saturated carbocycles. The fourth-order valence-corrected chi connectivity index (χ4v) is 6.20. The lowest BCUT2D eigenvalue weighted by Crippen LogP contribution is -2.52. The maximum Gasteiger partial charge on any atom is 0.306 e. The Morgan fingerprint density at radius 1 is 0.457 bits per heavy atom. The van der Waals surface area contributed by atoms with E-state index < -0.39 is 35.7 Å². The number of carboxylic acids is 3. The van der Waals surface area contributed by atoms with Crippen molar-refractivity contribution in [3.63, 3.8) is 0 Å². The van der Waals surface area contributed by atoms with Crippen molar-refractivity contribution in [3.05, 3.63) is 12.2 Å². The molecule has 0 amide bonds. The van der Waals surface area contributed by atoms with Gasteiger partial charge >= 0.3 is 17.9 Å². The fourth-order valence-electron chi connectivity index (χ4n) is 6.20. The summed E-state index contributed by atoms with van der Waals surface area (Å²) in [5.74, 6) is -3.90. The second kappa shape index (κ2) is 29.3. The molecule has 0 aromatic heterocycles. The van der Waals surface area contributed by atoms with Crippen LogP contribution in [-0.2, 0) is 14.4 Å². The normalized spacial score (nSPS) is 15.0. The van der Waals surface area contributed by atoms with E-state index in [-0.39, 0.29) is 0 Å². The molecule has 3 atom stereocenters. The van der Waals surface area contributed by atoms with E-state index in [4.69, 9.17) is 0 Å². The minimum atomic E-state index is -0.821. The van der Waals surface area contributed by atoms with E-state index in [1.165, 1.54) is 116 Å². The number of carboxylic acid groups (broad SMARTS) is 3. The minimum absolute atomic E-state index is 0.478. The number of unbranched alkanes of at least 4 members (excludes halogenated alkanes) is 18. The van der Waals surface area contributed by atoms with E-state index in [9.17, 15) is 29.7 Å². The third-order valence-corrected chi connectivity index (χ3v) is 10.0. The fraction of sp³-hybridized carbons (Fsp3) is 0.872. The highest BCUT2D eigenvalue weighted by Crippen LogP contribution is 2.22. The summed E-state index contributed by atoms with van der Waals surface area (Å²) in [6, 6.07) is 0. The summed E-state index contributed by atoms with van der Waals surface area (Å²) < 4.78 is 0.614. The Labute approximate surface area is 283 Å². The highest BCUT2D eigenvalue weighted by molar-refractivity contribution is 5.70.